The van der Waals surface area contributed by atoms with Gasteiger partial charge in [-0.15, -0.1) is 0 Å². The second-order valence-electron chi connectivity index (χ2n) is 4.81. The van der Waals surface area contributed by atoms with Crippen LogP contribution >= 0.6 is 0 Å². The fourth-order valence-corrected chi connectivity index (χ4v) is 1.65. The van der Waals surface area contributed by atoms with Crippen LogP contribution < -0.4 is 0 Å². The van der Waals surface area contributed by atoms with Gasteiger partial charge in [0.05, 0.1) is 0 Å². The van der Waals surface area contributed by atoms with Crippen LogP contribution in [0.3, 0.4) is 0 Å². The van der Waals surface area contributed by atoms with Gasteiger partial charge in [-0.25, -0.2) is 4.39 Å². The molecule has 0 aliphatic carbocycles. The van der Waals surface area contributed by atoms with Gasteiger partial charge in [-0.05, 0) is 38.7 Å². The fourth-order valence-electron chi connectivity index (χ4n) is 1.65. The summed E-state index contributed by atoms with van der Waals surface area (Å²) in [5.74, 6) is -3.23. The van der Waals surface area contributed by atoms with Crippen LogP contribution in [0.15, 0.2) is 28.4 Å². The smallest absolute Gasteiger partial charge is 0.265 e. The first-order chi connectivity index (χ1) is 8.80. The van der Waals surface area contributed by atoms with Gasteiger partial charge in [-0.3, -0.25) is 4.99 Å². The Morgan fingerprint density at radius 2 is 1.89 bits per heavy atom. The molecule has 4 heteroatoms. The highest BCUT2D eigenvalue weighted by atomic mass is 19.3. The van der Waals surface area contributed by atoms with Crippen LogP contribution in [0.5, 0.6) is 0 Å². The molecule has 0 saturated carbocycles. The van der Waals surface area contributed by atoms with Crippen LogP contribution in [0.1, 0.15) is 47.5 Å². The van der Waals surface area contributed by atoms with Crippen molar-refractivity contribution in [2.45, 2.75) is 53.4 Å². The van der Waals surface area contributed by atoms with Crippen molar-refractivity contribution in [3.8, 4) is 0 Å². The number of allylic oxidation sites excluding steroid dienone is 3. The highest BCUT2D eigenvalue weighted by Crippen LogP contribution is 2.30. The second-order valence-corrected chi connectivity index (χ2v) is 4.81. The molecule has 0 heterocycles. The number of rotatable bonds is 7. The summed E-state index contributed by atoms with van der Waals surface area (Å²) < 4.78 is 39.5. The molecule has 0 rings (SSSR count). The molecular formula is C15H24F3N. The van der Waals surface area contributed by atoms with Crippen LogP contribution in [0, 0.1) is 5.92 Å². The van der Waals surface area contributed by atoms with Gasteiger partial charge in [0.15, 0.2) is 6.67 Å². The van der Waals surface area contributed by atoms with Crippen LogP contribution in [0.4, 0.5) is 13.2 Å². The summed E-state index contributed by atoms with van der Waals surface area (Å²) in [4.78, 5) is 4.09. The molecule has 0 aromatic rings. The summed E-state index contributed by atoms with van der Waals surface area (Å²) in [6, 6.07) is 0. The highest BCUT2D eigenvalue weighted by Gasteiger charge is 2.35. The first-order valence-electron chi connectivity index (χ1n) is 6.62. The molecule has 0 bridgehead atoms. The zero-order chi connectivity index (χ0) is 15.1. The van der Waals surface area contributed by atoms with Crippen molar-refractivity contribution in [1.29, 1.82) is 0 Å². The standard InChI is InChI=1S/C15H24F3N/c1-6-8-12(4)13(5)19-9-14(11(3)7-2)15(17,18)10-16/h7,9,12H,6,8,10H2,1-5H3/b11-7-,14-9+,19-13?. The number of hydrogen-bond donors (Lipinski definition) is 0. The lowest BCUT2D eigenvalue weighted by Gasteiger charge is -2.17. The largest absolute Gasteiger partial charge is 0.302 e. The van der Waals surface area contributed by atoms with Gasteiger partial charge in [0.1, 0.15) is 0 Å². The molecule has 0 fully saturated rings. The van der Waals surface area contributed by atoms with E-state index in [1.54, 1.807) is 6.92 Å². The SMILES string of the molecule is C/C=C(C)\C(=C/N=C(C)C(C)CCC)C(F)(F)CF. The Hall–Kier alpha value is -1.06. The van der Waals surface area contributed by atoms with Crippen molar-refractivity contribution in [2.75, 3.05) is 6.67 Å². The van der Waals surface area contributed by atoms with Crippen molar-refractivity contribution >= 4 is 5.71 Å². The summed E-state index contributed by atoms with van der Waals surface area (Å²) in [6.45, 7) is 7.36. The number of alkyl halides is 3. The topological polar surface area (TPSA) is 12.4 Å². The molecule has 0 aromatic heterocycles. The van der Waals surface area contributed by atoms with E-state index in [0.717, 1.165) is 24.8 Å². The minimum atomic E-state index is -3.48. The lowest BCUT2D eigenvalue weighted by Crippen LogP contribution is -2.23. The molecule has 0 aliphatic heterocycles. The molecule has 1 atom stereocenters. The van der Waals surface area contributed by atoms with Crippen LogP contribution in [-0.2, 0) is 0 Å². The Morgan fingerprint density at radius 1 is 1.32 bits per heavy atom. The maximum Gasteiger partial charge on any atom is 0.302 e. The normalized spacial score (nSPS) is 16.7. The average Bonchev–Trinajstić information content (AvgIpc) is 2.38. The van der Waals surface area contributed by atoms with E-state index in [4.69, 9.17) is 0 Å². The first-order valence-corrected chi connectivity index (χ1v) is 6.62. The maximum absolute atomic E-state index is 13.5. The predicted molar refractivity (Wildman–Crippen MR) is 75.6 cm³/mol. The molecule has 0 radical (unpaired) electrons. The van der Waals surface area contributed by atoms with Gasteiger partial charge < -0.3 is 0 Å². The van der Waals surface area contributed by atoms with Crippen molar-refractivity contribution in [2.24, 2.45) is 10.9 Å². The minimum absolute atomic E-state index is 0.243. The Kier molecular flexibility index (Phi) is 7.72. The van der Waals surface area contributed by atoms with Crippen molar-refractivity contribution in [3.63, 3.8) is 0 Å². The number of halogens is 3. The zero-order valence-corrected chi connectivity index (χ0v) is 12.4. The predicted octanol–water partition coefficient (Wildman–Crippen LogP) is 5.34. The maximum atomic E-state index is 13.5. The van der Waals surface area contributed by atoms with Crippen LogP contribution in [0.25, 0.3) is 0 Å². The monoisotopic (exact) mass is 275 g/mol. The third-order valence-electron chi connectivity index (χ3n) is 3.25. The second kappa shape index (κ2) is 8.18. The van der Waals surface area contributed by atoms with Crippen LogP contribution in [-0.4, -0.2) is 18.3 Å². The summed E-state index contributed by atoms with van der Waals surface area (Å²) >= 11 is 0. The minimum Gasteiger partial charge on any atom is -0.265 e. The molecule has 0 spiro atoms. The molecule has 0 saturated heterocycles. The zero-order valence-electron chi connectivity index (χ0n) is 12.4. The molecule has 110 valence electrons. The van der Waals surface area contributed by atoms with E-state index in [9.17, 15) is 13.2 Å². The number of nitrogens with zero attached hydrogens (tertiary/aromatic N) is 1. The molecular weight excluding hydrogens is 251 g/mol. The lowest BCUT2D eigenvalue weighted by atomic mass is 10.0. The van der Waals surface area contributed by atoms with Crippen LogP contribution in [0.2, 0.25) is 0 Å². The Bertz CT molecular complexity index is 368. The summed E-state index contributed by atoms with van der Waals surface area (Å²) in [6.07, 6.45) is 4.62. The van der Waals surface area contributed by atoms with Crippen molar-refractivity contribution in [1.82, 2.24) is 0 Å². The molecule has 0 aromatic carbocycles. The van der Waals surface area contributed by atoms with Gasteiger partial charge in [0.2, 0.25) is 0 Å². The Morgan fingerprint density at radius 3 is 2.32 bits per heavy atom. The van der Waals surface area contributed by atoms with E-state index in [-0.39, 0.29) is 11.5 Å². The van der Waals surface area contributed by atoms with Gasteiger partial charge in [-0.2, -0.15) is 8.78 Å². The van der Waals surface area contributed by atoms with Gasteiger partial charge in [0.25, 0.3) is 0 Å². The third kappa shape index (κ3) is 5.62. The molecule has 19 heavy (non-hydrogen) atoms. The van der Waals surface area contributed by atoms with Gasteiger partial charge in [-0.1, -0.05) is 26.3 Å². The number of hydrogen-bond acceptors (Lipinski definition) is 1. The van der Waals surface area contributed by atoms with Crippen molar-refractivity contribution < 1.29 is 13.2 Å². The van der Waals surface area contributed by atoms with E-state index in [0.29, 0.717) is 5.57 Å². The average molecular weight is 275 g/mol. The van der Waals surface area contributed by atoms with E-state index in [2.05, 4.69) is 11.9 Å². The fraction of sp³-hybridized carbons (Fsp3) is 0.667. The van der Waals surface area contributed by atoms with Gasteiger partial charge >= 0.3 is 5.92 Å². The molecule has 1 nitrogen and oxygen atoms in total. The molecule has 1 unspecified atom stereocenters. The lowest BCUT2D eigenvalue weighted by molar-refractivity contribution is 0.0173. The summed E-state index contributed by atoms with van der Waals surface area (Å²) in [5, 5.41) is 0. The Balaban J connectivity index is 5.30. The summed E-state index contributed by atoms with van der Waals surface area (Å²) in [7, 11) is 0. The van der Waals surface area contributed by atoms with E-state index < -0.39 is 12.6 Å². The molecule has 0 N–H and O–H groups in total. The number of aliphatic imine (C=N–C) groups is 1. The quantitative estimate of drug-likeness (QED) is 0.439. The van der Waals surface area contributed by atoms with Crippen molar-refractivity contribution in [3.05, 3.63) is 23.4 Å². The highest BCUT2D eigenvalue weighted by molar-refractivity contribution is 5.84. The summed E-state index contributed by atoms with van der Waals surface area (Å²) in [5.41, 5.74) is 0.792. The Labute approximate surface area is 114 Å². The van der Waals surface area contributed by atoms with E-state index >= 15 is 0 Å². The molecule has 0 aliphatic rings. The first kappa shape index (κ1) is 17.9. The van der Waals surface area contributed by atoms with E-state index in [1.165, 1.54) is 13.0 Å². The third-order valence-corrected chi connectivity index (χ3v) is 3.25. The molecule has 0 amide bonds. The van der Waals surface area contributed by atoms with E-state index in [1.807, 2.05) is 13.8 Å². The van der Waals surface area contributed by atoms with Gasteiger partial charge in [0, 0.05) is 17.5 Å².